The van der Waals surface area contributed by atoms with E-state index in [1.807, 2.05) is 44.2 Å². The SMILES string of the molecule is CC(C)[C@@H](/C=C/[N+](=O)[O-])OCc1ccccc1. The van der Waals surface area contributed by atoms with E-state index in [0.29, 0.717) is 6.61 Å². The lowest BCUT2D eigenvalue weighted by atomic mass is 10.1. The normalized spacial score (nSPS) is 13.1. The summed E-state index contributed by atoms with van der Waals surface area (Å²) in [4.78, 5) is 9.79. The van der Waals surface area contributed by atoms with Gasteiger partial charge in [0.15, 0.2) is 0 Å². The molecule has 92 valence electrons. The van der Waals surface area contributed by atoms with Crippen molar-refractivity contribution < 1.29 is 9.66 Å². The first kappa shape index (κ1) is 13.4. The summed E-state index contributed by atoms with van der Waals surface area (Å²) in [5, 5.41) is 10.3. The molecule has 0 fully saturated rings. The highest BCUT2D eigenvalue weighted by atomic mass is 16.6. The van der Waals surface area contributed by atoms with Gasteiger partial charge in [0.25, 0.3) is 0 Å². The highest BCUT2D eigenvalue weighted by Gasteiger charge is 2.11. The Balaban J connectivity index is 2.53. The smallest absolute Gasteiger partial charge is 0.233 e. The van der Waals surface area contributed by atoms with Gasteiger partial charge in [-0.05, 0) is 11.5 Å². The van der Waals surface area contributed by atoms with Crippen LogP contribution in [0.2, 0.25) is 0 Å². The Hall–Kier alpha value is -1.68. The quantitative estimate of drug-likeness (QED) is 0.562. The fourth-order valence-corrected chi connectivity index (χ4v) is 1.39. The maximum atomic E-state index is 10.3. The van der Waals surface area contributed by atoms with Crippen LogP contribution in [0, 0.1) is 16.0 Å². The van der Waals surface area contributed by atoms with Gasteiger partial charge in [-0.1, -0.05) is 44.2 Å². The molecule has 0 heterocycles. The van der Waals surface area contributed by atoms with Crippen molar-refractivity contribution in [3.05, 3.63) is 58.3 Å². The zero-order valence-electron chi connectivity index (χ0n) is 10.1. The second-order valence-electron chi connectivity index (χ2n) is 4.13. The van der Waals surface area contributed by atoms with Crippen molar-refractivity contribution in [1.82, 2.24) is 0 Å². The van der Waals surface area contributed by atoms with E-state index in [4.69, 9.17) is 4.74 Å². The molecule has 4 heteroatoms. The highest BCUT2D eigenvalue weighted by molar-refractivity contribution is 5.13. The van der Waals surface area contributed by atoms with Gasteiger partial charge in [-0.15, -0.1) is 0 Å². The maximum absolute atomic E-state index is 10.3. The fourth-order valence-electron chi connectivity index (χ4n) is 1.39. The molecule has 0 unspecified atom stereocenters. The van der Waals surface area contributed by atoms with Crippen molar-refractivity contribution in [2.75, 3.05) is 0 Å². The zero-order chi connectivity index (χ0) is 12.7. The van der Waals surface area contributed by atoms with Crippen LogP contribution < -0.4 is 0 Å². The minimum atomic E-state index is -0.471. The van der Waals surface area contributed by atoms with Crippen LogP contribution >= 0.6 is 0 Å². The van der Waals surface area contributed by atoms with E-state index >= 15 is 0 Å². The van der Waals surface area contributed by atoms with Crippen molar-refractivity contribution >= 4 is 0 Å². The Bertz CT molecular complexity index is 374. The van der Waals surface area contributed by atoms with Crippen molar-refractivity contribution in [1.29, 1.82) is 0 Å². The third-order valence-electron chi connectivity index (χ3n) is 2.34. The molecule has 1 rings (SSSR count). The highest BCUT2D eigenvalue weighted by Crippen LogP contribution is 2.11. The van der Waals surface area contributed by atoms with Crippen LogP contribution in [0.25, 0.3) is 0 Å². The Morgan fingerprint density at radius 2 is 2.00 bits per heavy atom. The van der Waals surface area contributed by atoms with Gasteiger partial charge in [-0.25, -0.2) is 0 Å². The Morgan fingerprint density at radius 3 is 2.53 bits per heavy atom. The topological polar surface area (TPSA) is 52.4 Å². The summed E-state index contributed by atoms with van der Waals surface area (Å²) in [5.74, 6) is 0.204. The molecule has 0 bridgehead atoms. The lowest BCUT2D eigenvalue weighted by Gasteiger charge is -2.17. The molecule has 1 atom stereocenters. The number of nitrogens with zero attached hydrogens (tertiary/aromatic N) is 1. The molecule has 1 aromatic rings. The first-order valence-electron chi connectivity index (χ1n) is 5.57. The molecule has 0 spiro atoms. The van der Waals surface area contributed by atoms with Gasteiger partial charge < -0.3 is 4.74 Å². The molecule has 0 aliphatic carbocycles. The predicted octanol–water partition coefficient (Wildman–Crippen LogP) is 3.02. The third kappa shape index (κ3) is 5.26. The summed E-state index contributed by atoms with van der Waals surface area (Å²) < 4.78 is 5.65. The van der Waals surface area contributed by atoms with E-state index < -0.39 is 4.92 Å². The van der Waals surface area contributed by atoms with Gasteiger partial charge in [0.05, 0.1) is 17.6 Å². The fraction of sp³-hybridized carbons (Fsp3) is 0.385. The van der Waals surface area contributed by atoms with Gasteiger partial charge in [-0.3, -0.25) is 10.1 Å². The summed E-state index contributed by atoms with van der Waals surface area (Å²) in [6.45, 7) is 4.41. The molecule has 0 saturated carbocycles. The first-order chi connectivity index (χ1) is 8.09. The first-order valence-corrected chi connectivity index (χ1v) is 5.57. The van der Waals surface area contributed by atoms with Gasteiger partial charge in [0.1, 0.15) is 0 Å². The van der Waals surface area contributed by atoms with E-state index in [0.717, 1.165) is 11.8 Å². The van der Waals surface area contributed by atoms with Crippen LogP contribution in [0.1, 0.15) is 19.4 Å². The largest absolute Gasteiger partial charge is 0.369 e. The molecule has 17 heavy (non-hydrogen) atoms. The van der Waals surface area contributed by atoms with Crippen LogP contribution in [0.15, 0.2) is 42.6 Å². The second-order valence-corrected chi connectivity index (χ2v) is 4.13. The maximum Gasteiger partial charge on any atom is 0.233 e. The molecule has 1 aromatic carbocycles. The van der Waals surface area contributed by atoms with Crippen LogP contribution in [0.4, 0.5) is 0 Å². The van der Waals surface area contributed by atoms with E-state index in [1.165, 1.54) is 6.08 Å². The Labute approximate surface area is 101 Å². The molecule has 0 aromatic heterocycles. The molecule has 0 aliphatic heterocycles. The number of benzene rings is 1. The van der Waals surface area contributed by atoms with Gasteiger partial charge in [0.2, 0.25) is 6.20 Å². The second kappa shape index (κ2) is 6.81. The molecular formula is C13H17NO3. The molecule has 4 nitrogen and oxygen atoms in total. The molecular weight excluding hydrogens is 218 g/mol. The minimum Gasteiger partial charge on any atom is -0.369 e. The van der Waals surface area contributed by atoms with E-state index in [-0.39, 0.29) is 12.0 Å². The van der Waals surface area contributed by atoms with Crippen molar-refractivity contribution in [3.8, 4) is 0 Å². The van der Waals surface area contributed by atoms with Gasteiger partial charge in [0, 0.05) is 6.08 Å². The lowest BCUT2D eigenvalue weighted by molar-refractivity contribution is -0.403. The number of nitro groups is 1. The number of hydrogen-bond acceptors (Lipinski definition) is 3. The summed E-state index contributed by atoms with van der Waals surface area (Å²) in [7, 11) is 0. The van der Waals surface area contributed by atoms with Crippen LogP contribution in [0.3, 0.4) is 0 Å². The predicted molar refractivity (Wildman–Crippen MR) is 66.0 cm³/mol. The summed E-state index contributed by atoms with van der Waals surface area (Å²) in [5.41, 5.74) is 1.06. The molecule has 0 saturated heterocycles. The Morgan fingerprint density at radius 1 is 1.35 bits per heavy atom. The number of hydrogen-bond donors (Lipinski definition) is 0. The van der Waals surface area contributed by atoms with Gasteiger partial charge in [-0.2, -0.15) is 0 Å². The average Bonchev–Trinajstić information content (AvgIpc) is 2.29. The van der Waals surface area contributed by atoms with E-state index in [1.54, 1.807) is 0 Å². The number of rotatable bonds is 6. The molecule has 0 N–H and O–H groups in total. The standard InChI is InChI=1S/C13H17NO3/c1-11(2)13(8-9-14(15)16)17-10-12-6-4-3-5-7-12/h3-9,11,13H,10H2,1-2H3/b9-8+/t13-/m1/s1. The minimum absolute atomic E-state index is 0.204. The molecule has 0 aliphatic rings. The average molecular weight is 235 g/mol. The van der Waals surface area contributed by atoms with Crippen LogP contribution in [-0.2, 0) is 11.3 Å². The van der Waals surface area contributed by atoms with Crippen molar-refractivity contribution in [2.45, 2.75) is 26.6 Å². The Kier molecular flexibility index (Phi) is 5.36. The van der Waals surface area contributed by atoms with Crippen LogP contribution in [0.5, 0.6) is 0 Å². The molecule has 0 amide bonds. The van der Waals surface area contributed by atoms with Crippen molar-refractivity contribution in [2.24, 2.45) is 5.92 Å². The lowest BCUT2D eigenvalue weighted by Crippen LogP contribution is -2.17. The summed E-state index contributed by atoms with van der Waals surface area (Å²) >= 11 is 0. The van der Waals surface area contributed by atoms with Crippen LogP contribution in [-0.4, -0.2) is 11.0 Å². The van der Waals surface area contributed by atoms with Gasteiger partial charge >= 0.3 is 0 Å². The van der Waals surface area contributed by atoms with E-state index in [2.05, 4.69) is 0 Å². The van der Waals surface area contributed by atoms with Crippen molar-refractivity contribution in [3.63, 3.8) is 0 Å². The monoisotopic (exact) mass is 235 g/mol. The van der Waals surface area contributed by atoms with E-state index in [9.17, 15) is 10.1 Å². The third-order valence-corrected chi connectivity index (χ3v) is 2.34. The summed E-state index contributed by atoms with van der Waals surface area (Å²) in [6.07, 6.45) is 2.20. The summed E-state index contributed by atoms with van der Waals surface area (Å²) in [6, 6.07) is 9.76. The molecule has 0 radical (unpaired) electrons. The number of ether oxygens (including phenoxy) is 1. The zero-order valence-corrected chi connectivity index (χ0v) is 10.1.